The molecule has 1 atom stereocenters. The maximum Gasteiger partial charge on any atom is 0.251 e. The van der Waals surface area contributed by atoms with Gasteiger partial charge < -0.3 is 15.2 Å². The van der Waals surface area contributed by atoms with Gasteiger partial charge >= 0.3 is 0 Å². The fraction of sp³-hybridized carbons (Fsp3) is 0.238. The van der Waals surface area contributed by atoms with Crippen molar-refractivity contribution in [3.8, 4) is 0 Å². The van der Waals surface area contributed by atoms with E-state index in [1.165, 1.54) is 23.9 Å². The van der Waals surface area contributed by atoms with E-state index in [1.54, 1.807) is 36.4 Å². The number of halogens is 1. The van der Waals surface area contributed by atoms with E-state index in [9.17, 15) is 14.0 Å². The Morgan fingerprint density at radius 2 is 1.80 bits per heavy atom. The fourth-order valence-electron chi connectivity index (χ4n) is 2.84. The number of carbonyl (C=O) groups is 2. The molecule has 2 N–H and O–H groups in total. The Morgan fingerprint density at radius 3 is 2.50 bits per heavy atom. The monoisotopic (exact) mass is 427 g/mol. The van der Waals surface area contributed by atoms with Crippen molar-refractivity contribution in [2.24, 2.45) is 0 Å². The number of nitrogens with one attached hydrogen (secondary N) is 2. The third-order valence-corrected chi connectivity index (χ3v) is 5.28. The highest BCUT2D eigenvalue weighted by Gasteiger charge is 2.20. The van der Waals surface area contributed by atoms with Gasteiger partial charge in [-0.25, -0.2) is 4.39 Å². The van der Waals surface area contributed by atoms with Crippen LogP contribution in [-0.2, 0) is 11.3 Å². The quantitative estimate of drug-likeness (QED) is 0.536. The lowest BCUT2D eigenvalue weighted by Gasteiger charge is -2.15. The average molecular weight is 428 g/mol. The SMILES string of the molecule is CCn1c(SCC(=O)Nc2ccccc2F)nnc1[C@@H](C)NC(=O)c1ccccc1. The lowest BCUT2D eigenvalue weighted by atomic mass is 10.2. The van der Waals surface area contributed by atoms with Crippen molar-refractivity contribution in [3.63, 3.8) is 0 Å². The van der Waals surface area contributed by atoms with Gasteiger partial charge in [0.15, 0.2) is 11.0 Å². The Bertz CT molecular complexity index is 1030. The summed E-state index contributed by atoms with van der Waals surface area (Å²) in [6, 6.07) is 14.6. The number of anilines is 1. The molecule has 3 rings (SSSR count). The summed E-state index contributed by atoms with van der Waals surface area (Å²) in [5, 5.41) is 14.4. The molecule has 1 aromatic heterocycles. The molecule has 2 aromatic carbocycles. The van der Waals surface area contributed by atoms with Crippen LogP contribution in [0.4, 0.5) is 10.1 Å². The molecule has 0 aliphatic carbocycles. The van der Waals surface area contributed by atoms with Crippen LogP contribution in [0.1, 0.15) is 36.1 Å². The molecule has 0 spiro atoms. The number of hydrogen-bond acceptors (Lipinski definition) is 5. The molecule has 0 bridgehead atoms. The minimum absolute atomic E-state index is 0.0528. The molecule has 9 heteroatoms. The summed E-state index contributed by atoms with van der Waals surface area (Å²) in [5.41, 5.74) is 0.698. The molecule has 0 saturated heterocycles. The summed E-state index contributed by atoms with van der Waals surface area (Å²) in [5.74, 6) is -0.386. The van der Waals surface area contributed by atoms with Crippen LogP contribution in [0.2, 0.25) is 0 Å². The Morgan fingerprint density at radius 1 is 1.10 bits per heavy atom. The molecule has 7 nitrogen and oxygen atoms in total. The highest BCUT2D eigenvalue weighted by Crippen LogP contribution is 2.21. The van der Waals surface area contributed by atoms with Gasteiger partial charge in [-0.3, -0.25) is 9.59 Å². The summed E-state index contributed by atoms with van der Waals surface area (Å²) < 4.78 is 15.5. The standard InChI is InChI=1S/C21H22FN5O2S/c1-3-27-19(14(2)23-20(29)15-9-5-4-6-10-15)25-26-21(27)30-13-18(28)24-17-12-8-7-11-16(17)22/h4-12,14H,3,13H2,1-2H3,(H,23,29)(H,24,28)/t14-/m1/s1. The minimum atomic E-state index is -0.488. The van der Waals surface area contributed by atoms with Crippen LogP contribution in [0.3, 0.4) is 0 Å². The van der Waals surface area contributed by atoms with Gasteiger partial charge in [-0.2, -0.15) is 0 Å². The van der Waals surface area contributed by atoms with Gasteiger partial charge in [0.1, 0.15) is 5.82 Å². The molecule has 2 amide bonds. The topological polar surface area (TPSA) is 88.9 Å². The Balaban J connectivity index is 1.63. The minimum Gasteiger partial charge on any atom is -0.342 e. The number of amides is 2. The Labute approximate surface area is 178 Å². The molecule has 156 valence electrons. The lowest BCUT2D eigenvalue weighted by molar-refractivity contribution is -0.113. The van der Waals surface area contributed by atoms with Crippen molar-refractivity contribution in [1.29, 1.82) is 0 Å². The van der Waals surface area contributed by atoms with E-state index in [1.807, 2.05) is 24.5 Å². The molecule has 1 heterocycles. The molecule has 0 saturated carbocycles. The summed E-state index contributed by atoms with van der Waals surface area (Å²) >= 11 is 1.20. The molecular weight excluding hydrogens is 405 g/mol. The molecule has 30 heavy (non-hydrogen) atoms. The van der Waals surface area contributed by atoms with Crippen LogP contribution < -0.4 is 10.6 Å². The van der Waals surface area contributed by atoms with Crippen molar-refractivity contribution in [3.05, 3.63) is 71.8 Å². The van der Waals surface area contributed by atoms with E-state index in [-0.39, 0.29) is 29.3 Å². The molecular formula is C21H22FN5O2S. The number of carbonyl (C=O) groups excluding carboxylic acids is 2. The van der Waals surface area contributed by atoms with Crippen molar-refractivity contribution < 1.29 is 14.0 Å². The van der Waals surface area contributed by atoms with Crippen molar-refractivity contribution >= 4 is 29.3 Å². The predicted molar refractivity (Wildman–Crippen MR) is 114 cm³/mol. The van der Waals surface area contributed by atoms with Gasteiger partial charge in [0.2, 0.25) is 5.91 Å². The third kappa shape index (κ3) is 5.24. The first-order valence-corrected chi connectivity index (χ1v) is 10.4. The molecule has 0 fully saturated rings. The van der Waals surface area contributed by atoms with Gasteiger partial charge in [0.25, 0.3) is 5.91 Å². The van der Waals surface area contributed by atoms with E-state index in [0.29, 0.717) is 23.1 Å². The van der Waals surface area contributed by atoms with Crippen LogP contribution in [0.25, 0.3) is 0 Å². The second-order valence-corrected chi connectivity index (χ2v) is 7.41. The van der Waals surface area contributed by atoms with E-state index < -0.39 is 5.82 Å². The normalized spacial score (nSPS) is 11.7. The lowest BCUT2D eigenvalue weighted by Crippen LogP contribution is -2.28. The highest BCUT2D eigenvalue weighted by molar-refractivity contribution is 7.99. The van der Waals surface area contributed by atoms with Crippen molar-refractivity contribution in [2.75, 3.05) is 11.1 Å². The molecule has 0 radical (unpaired) electrons. The zero-order valence-corrected chi connectivity index (χ0v) is 17.4. The molecule has 0 aliphatic heterocycles. The van der Waals surface area contributed by atoms with Gasteiger partial charge in [0, 0.05) is 12.1 Å². The zero-order valence-electron chi connectivity index (χ0n) is 16.6. The molecule has 0 aliphatic rings. The fourth-order valence-corrected chi connectivity index (χ4v) is 3.65. The Kier molecular flexibility index (Phi) is 7.18. The third-order valence-electron chi connectivity index (χ3n) is 4.31. The predicted octanol–water partition coefficient (Wildman–Crippen LogP) is 3.66. The number of rotatable bonds is 8. The first-order chi connectivity index (χ1) is 14.5. The second kappa shape index (κ2) is 10.0. The Hall–Kier alpha value is -3.20. The molecule has 0 unspecified atom stereocenters. The summed E-state index contributed by atoms with van der Waals surface area (Å²) in [4.78, 5) is 24.6. The van der Waals surface area contributed by atoms with Gasteiger partial charge in [-0.15, -0.1) is 10.2 Å². The number of thioether (sulfide) groups is 1. The zero-order chi connectivity index (χ0) is 21.5. The number of benzene rings is 2. The summed E-state index contributed by atoms with van der Waals surface area (Å²) in [7, 11) is 0. The van der Waals surface area contributed by atoms with Crippen molar-refractivity contribution in [2.45, 2.75) is 31.6 Å². The number of para-hydroxylation sites is 1. The van der Waals surface area contributed by atoms with E-state index >= 15 is 0 Å². The van der Waals surface area contributed by atoms with E-state index in [0.717, 1.165) is 0 Å². The number of aromatic nitrogens is 3. The highest BCUT2D eigenvalue weighted by atomic mass is 32.2. The second-order valence-electron chi connectivity index (χ2n) is 6.46. The van der Waals surface area contributed by atoms with Crippen molar-refractivity contribution in [1.82, 2.24) is 20.1 Å². The van der Waals surface area contributed by atoms with Crippen LogP contribution in [0, 0.1) is 5.82 Å². The number of nitrogens with zero attached hydrogens (tertiary/aromatic N) is 3. The largest absolute Gasteiger partial charge is 0.342 e. The first kappa shape index (κ1) is 21.5. The van der Waals surface area contributed by atoms with E-state index in [4.69, 9.17) is 0 Å². The summed E-state index contributed by atoms with van der Waals surface area (Å²) in [6.07, 6.45) is 0. The van der Waals surface area contributed by atoms with Crippen LogP contribution in [-0.4, -0.2) is 32.3 Å². The smallest absolute Gasteiger partial charge is 0.251 e. The van der Waals surface area contributed by atoms with Crippen LogP contribution in [0.5, 0.6) is 0 Å². The van der Waals surface area contributed by atoms with Gasteiger partial charge in [0.05, 0.1) is 17.5 Å². The van der Waals surface area contributed by atoms with E-state index in [2.05, 4.69) is 20.8 Å². The maximum atomic E-state index is 13.7. The van der Waals surface area contributed by atoms with Gasteiger partial charge in [-0.05, 0) is 38.1 Å². The number of hydrogen-bond donors (Lipinski definition) is 2. The molecule has 3 aromatic rings. The van der Waals surface area contributed by atoms with Crippen LogP contribution in [0.15, 0.2) is 59.8 Å². The summed E-state index contributed by atoms with van der Waals surface area (Å²) in [6.45, 7) is 4.34. The average Bonchev–Trinajstić information content (AvgIpc) is 3.17. The first-order valence-electron chi connectivity index (χ1n) is 9.45. The van der Waals surface area contributed by atoms with Crippen LogP contribution >= 0.6 is 11.8 Å². The van der Waals surface area contributed by atoms with Gasteiger partial charge in [-0.1, -0.05) is 42.1 Å². The maximum absolute atomic E-state index is 13.7.